The van der Waals surface area contributed by atoms with E-state index in [0.717, 1.165) is 48.3 Å². The second-order valence-electron chi connectivity index (χ2n) is 13.8. The van der Waals surface area contributed by atoms with E-state index in [4.69, 9.17) is 14.3 Å². The van der Waals surface area contributed by atoms with Gasteiger partial charge in [-0.1, -0.05) is 53.9 Å². The summed E-state index contributed by atoms with van der Waals surface area (Å²) in [7, 11) is -4.36. The van der Waals surface area contributed by atoms with E-state index in [0.29, 0.717) is 22.7 Å². The second kappa shape index (κ2) is 10.5. The summed E-state index contributed by atoms with van der Waals surface area (Å²) >= 11 is 0. The van der Waals surface area contributed by atoms with Crippen LogP contribution in [0.1, 0.15) is 118 Å². The van der Waals surface area contributed by atoms with Crippen LogP contribution in [0.3, 0.4) is 0 Å². The Labute approximate surface area is 209 Å². The molecule has 4 nitrogen and oxygen atoms in total. The number of hydrogen-bond acceptors (Lipinski definition) is 2. The topological polar surface area (TPSA) is 66.8 Å². The van der Waals surface area contributed by atoms with Gasteiger partial charge in [0, 0.05) is 0 Å². The maximum atomic E-state index is 11.1. The van der Waals surface area contributed by atoms with Gasteiger partial charge in [-0.3, -0.25) is 4.52 Å². The fourth-order valence-electron chi connectivity index (χ4n) is 10.1. The highest BCUT2D eigenvalue weighted by Gasteiger charge is 2.60. The van der Waals surface area contributed by atoms with Crippen LogP contribution in [0.25, 0.3) is 0 Å². The van der Waals surface area contributed by atoms with Crippen molar-refractivity contribution in [2.45, 2.75) is 118 Å². The van der Waals surface area contributed by atoms with Crippen LogP contribution >= 0.6 is 7.82 Å². The number of rotatable bonds is 9. The van der Waals surface area contributed by atoms with E-state index in [-0.39, 0.29) is 6.61 Å². The lowest BCUT2D eigenvalue weighted by Gasteiger charge is -2.61. The van der Waals surface area contributed by atoms with Crippen molar-refractivity contribution in [2.75, 3.05) is 6.61 Å². The average molecular weight is 497 g/mol. The highest BCUT2D eigenvalue weighted by Crippen LogP contribution is 2.68. The first-order valence-electron chi connectivity index (χ1n) is 14.7. The summed E-state index contributed by atoms with van der Waals surface area (Å²) in [6, 6.07) is 0. The van der Waals surface area contributed by atoms with E-state index in [9.17, 15) is 4.57 Å². The Kier molecular flexibility index (Phi) is 8.36. The molecule has 0 bridgehead atoms. The third-order valence-corrected chi connectivity index (χ3v) is 12.5. The molecule has 198 valence electrons. The van der Waals surface area contributed by atoms with Crippen LogP contribution in [0.4, 0.5) is 0 Å². The molecule has 0 heterocycles. The zero-order valence-electron chi connectivity index (χ0n) is 22.7. The first-order chi connectivity index (χ1) is 16.0. The van der Waals surface area contributed by atoms with Crippen LogP contribution in [-0.4, -0.2) is 16.4 Å². The third kappa shape index (κ3) is 5.36. The smallest absolute Gasteiger partial charge is 0.303 e. The first kappa shape index (κ1) is 27.2. The quantitative estimate of drug-likeness (QED) is 0.316. The van der Waals surface area contributed by atoms with Gasteiger partial charge >= 0.3 is 7.82 Å². The molecule has 0 aliphatic heterocycles. The van der Waals surface area contributed by atoms with Crippen molar-refractivity contribution >= 4 is 7.82 Å². The summed E-state index contributed by atoms with van der Waals surface area (Å²) < 4.78 is 15.8. The fourth-order valence-corrected chi connectivity index (χ4v) is 10.4. The maximum Gasteiger partial charge on any atom is 0.469 e. The summed E-state index contributed by atoms with van der Waals surface area (Å²) in [5.74, 6) is 6.47. The SMILES string of the molecule is CC(C)[C@H](CCOP(=O)(O)O)CC[C@@H](C)[C@H]1CC[C@H]2[C@@H]3CCC4CCCC[C@]4(C)[C@H]3CC[C@]12C. The van der Waals surface area contributed by atoms with Gasteiger partial charge in [0.2, 0.25) is 0 Å². The van der Waals surface area contributed by atoms with E-state index in [2.05, 4.69) is 34.6 Å². The van der Waals surface area contributed by atoms with Crippen molar-refractivity contribution < 1.29 is 18.9 Å². The van der Waals surface area contributed by atoms with E-state index >= 15 is 0 Å². The van der Waals surface area contributed by atoms with Gasteiger partial charge in [0.1, 0.15) is 0 Å². The molecule has 0 radical (unpaired) electrons. The van der Waals surface area contributed by atoms with Crippen LogP contribution in [0, 0.1) is 58.2 Å². The van der Waals surface area contributed by atoms with E-state index in [1.807, 2.05) is 0 Å². The van der Waals surface area contributed by atoms with Crippen LogP contribution < -0.4 is 0 Å². The Bertz CT molecular complexity index is 734. The molecular formula is C29H53O4P. The predicted molar refractivity (Wildman–Crippen MR) is 139 cm³/mol. The maximum absolute atomic E-state index is 11.1. The molecule has 34 heavy (non-hydrogen) atoms. The number of phosphoric ester groups is 1. The Morgan fingerprint density at radius 1 is 0.853 bits per heavy atom. The van der Waals surface area contributed by atoms with Gasteiger partial charge in [-0.05, 0) is 122 Å². The highest BCUT2D eigenvalue weighted by molar-refractivity contribution is 7.46. The summed E-state index contributed by atoms with van der Waals surface area (Å²) in [5.41, 5.74) is 1.15. The average Bonchev–Trinajstić information content (AvgIpc) is 3.11. The first-order valence-corrected chi connectivity index (χ1v) is 16.2. The van der Waals surface area contributed by atoms with Crippen LogP contribution in [0.15, 0.2) is 0 Å². The highest BCUT2D eigenvalue weighted by atomic mass is 31.2. The molecule has 9 atom stereocenters. The standard InChI is InChI=1S/C29H53O4P/c1-20(2)22(16-19-33-34(30,31)32)10-9-21(3)25-13-14-26-24-12-11-23-8-6-7-17-28(23,4)27(24)15-18-29(25,26)5/h20-27H,6-19H2,1-5H3,(H2,30,31,32)/t21-,22+,23?,24+,25-,26+,27+,28+,29-/m1/s1. The number of phosphoric acid groups is 1. The predicted octanol–water partition coefficient (Wildman–Crippen LogP) is 8.22. The summed E-state index contributed by atoms with van der Waals surface area (Å²) in [4.78, 5) is 18.0. The molecule has 0 aromatic heterocycles. The molecule has 0 amide bonds. The summed E-state index contributed by atoms with van der Waals surface area (Å²) in [5, 5.41) is 0. The van der Waals surface area contributed by atoms with Crippen molar-refractivity contribution in [2.24, 2.45) is 58.2 Å². The Hall–Kier alpha value is 0.110. The lowest BCUT2D eigenvalue weighted by molar-refractivity contribution is -0.114. The number of fused-ring (bicyclic) bond motifs is 5. The largest absolute Gasteiger partial charge is 0.469 e. The molecule has 0 aromatic carbocycles. The van der Waals surface area contributed by atoms with E-state index in [1.54, 1.807) is 0 Å². The van der Waals surface area contributed by atoms with Gasteiger partial charge in [0.25, 0.3) is 0 Å². The molecule has 4 aliphatic rings. The minimum absolute atomic E-state index is 0.160. The fraction of sp³-hybridized carbons (Fsp3) is 1.00. The molecule has 0 spiro atoms. The minimum Gasteiger partial charge on any atom is -0.303 e. The minimum atomic E-state index is -4.36. The zero-order valence-corrected chi connectivity index (χ0v) is 23.6. The number of hydrogen-bond donors (Lipinski definition) is 2. The van der Waals surface area contributed by atoms with E-state index in [1.165, 1.54) is 70.6 Å². The van der Waals surface area contributed by atoms with Crippen LogP contribution in [0.5, 0.6) is 0 Å². The van der Waals surface area contributed by atoms with Gasteiger partial charge in [-0.2, -0.15) is 0 Å². The van der Waals surface area contributed by atoms with Gasteiger partial charge in [-0.25, -0.2) is 4.57 Å². The molecule has 5 heteroatoms. The lowest BCUT2D eigenvalue weighted by atomic mass is 9.44. The van der Waals surface area contributed by atoms with E-state index < -0.39 is 7.82 Å². The van der Waals surface area contributed by atoms with Crippen molar-refractivity contribution in [3.63, 3.8) is 0 Å². The monoisotopic (exact) mass is 496 g/mol. The molecule has 1 unspecified atom stereocenters. The van der Waals surface area contributed by atoms with Gasteiger partial charge in [0.15, 0.2) is 0 Å². The molecule has 4 aliphatic carbocycles. The Balaban J connectivity index is 1.37. The van der Waals surface area contributed by atoms with Gasteiger partial charge < -0.3 is 9.79 Å². The van der Waals surface area contributed by atoms with Crippen molar-refractivity contribution in [3.05, 3.63) is 0 Å². The molecule has 4 saturated carbocycles. The molecular weight excluding hydrogens is 443 g/mol. The van der Waals surface area contributed by atoms with Crippen LogP contribution in [0.2, 0.25) is 0 Å². The zero-order chi connectivity index (χ0) is 24.7. The second-order valence-corrected chi connectivity index (χ2v) is 15.0. The Morgan fingerprint density at radius 2 is 1.59 bits per heavy atom. The van der Waals surface area contributed by atoms with Crippen molar-refractivity contribution in [1.82, 2.24) is 0 Å². The van der Waals surface area contributed by atoms with Gasteiger partial charge in [0.05, 0.1) is 6.61 Å². The molecule has 4 fully saturated rings. The summed E-state index contributed by atoms with van der Waals surface area (Å²) in [6.07, 6.45) is 17.8. The third-order valence-electron chi connectivity index (χ3n) is 12.0. The van der Waals surface area contributed by atoms with Crippen LogP contribution in [-0.2, 0) is 9.09 Å². The molecule has 0 aromatic rings. The van der Waals surface area contributed by atoms with Gasteiger partial charge in [-0.15, -0.1) is 0 Å². The molecule has 0 saturated heterocycles. The van der Waals surface area contributed by atoms with Crippen molar-refractivity contribution in [1.29, 1.82) is 0 Å². The molecule has 2 N–H and O–H groups in total. The lowest BCUT2D eigenvalue weighted by Crippen LogP contribution is -2.53. The normalized spacial score (nSPS) is 42.1. The Morgan fingerprint density at radius 3 is 2.29 bits per heavy atom. The summed E-state index contributed by atoms with van der Waals surface area (Å²) in [6.45, 7) is 12.5. The van der Waals surface area contributed by atoms with Crippen molar-refractivity contribution in [3.8, 4) is 0 Å². The molecule has 4 rings (SSSR count).